The smallest absolute Gasteiger partial charge is 0.147 e. The molecule has 1 N–H and O–H groups in total. The van der Waals surface area contributed by atoms with E-state index < -0.39 is 0 Å². The molecule has 0 saturated heterocycles. The van der Waals surface area contributed by atoms with Gasteiger partial charge in [-0.05, 0) is 37.3 Å². The SMILES string of the molecule is Cc1nccnc1NC1CCCc2ccccc21. The Morgan fingerprint density at radius 1 is 1.17 bits per heavy atom. The van der Waals surface area contributed by atoms with Gasteiger partial charge < -0.3 is 5.32 Å². The van der Waals surface area contributed by atoms with Gasteiger partial charge >= 0.3 is 0 Å². The maximum Gasteiger partial charge on any atom is 0.147 e. The molecule has 1 aromatic carbocycles. The van der Waals surface area contributed by atoms with Crippen LogP contribution in [0.5, 0.6) is 0 Å². The Kier molecular flexibility index (Phi) is 2.97. The maximum absolute atomic E-state index is 4.37. The standard InChI is InChI=1S/C15H17N3/c1-11-15(17-10-9-16-11)18-14-8-4-6-12-5-2-3-7-13(12)14/h2-3,5,7,9-10,14H,4,6,8H2,1H3,(H,17,18). The zero-order valence-corrected chi connectivity index (χ0v) is 10.6. The molecule has 1 unspecified atom stereocenters. The van der Waals surface area contributed by atoms with Gasteiger partial charge in [-0.25, -0.2) is 4.98 Å². The molecular formula is C15H17N3. The highest BCUT2D eigenvalue weighted by Gasteiger charge is 2.20. The van der Waals surface area contributed by atoms with Crippen LogP contribution >= 0.6 is 0 Å². The summed E-state index contributed by atoms with van der Waals surface area (Å²) in [6.07, 6.45) is 7.05. The number of aryl methyl sites for hydroxylation is 2. The molecule has 0 saturated carbocycles. The van der Waals surface area contributed by atoms with Crippen molar-refractivity contribution in [2.75, 3.05) is 5.32 Å². The zero-order valence-electron chi connectivity index (χ0n) is 10.6. The van der Waals surface area contributed by atoms with E-state index in [1.54, 1.807) is 12.4 Å². The predicted octanol–water partition coefficient (Wildman–Crippen LogP) is 3.27. The van der Waals surface area contributed by atoms with Gasteiger partial charge in [0.15, 0.2) is 0 Å². The van der Waals surface area contributed by atoms with Crippen LogP contribution in [-0.2, 0) is 6.42 Å². The van der Waals surface area contributed by atoms with E-state index >= 15 is 0 Å². The van der Waals surface area contributed by atoms with Crippen molar-refractivity contribution >= 4 is 5.82 Å². The second kappa shape index (κ2) is 4.77. The Labute approximate surface area is 107 Å². The van der Waals surface area contributed by atoms with Crippen molar-refractivity contribution in [2.45, 2.75) is 32.2 Å². The van der Waals surface area contributed by atoms with Gasteiger partial charge in [-0.2, -0.15) is 0 Å². The number of nitrogens with zero attached hydrogens (tertiary/aromatic N) is 2. The van der Waals surface area contributed by atoms with Crippen LogP contribution in [0.1, 0.15) is 35.7 Å². The number of rotatable bonds is 2. The summed E-state index contributed by atoms with van der Waals surface area (Å²) in [6.45, 7) is 1.99. The van der Waals surface area contributed by atoms with Gasteiger partial charge in [0.05, 0.1) is 11.7 Å². The van der Waals surface area contributed by atoms with E-state index in [1.807, 2.05) is 6.92 Å². The van der Waals surface area contributed by atoms with Gasteiger partial charge in [-0.3, -0.25) is 4.98 Å². The number of hydrogen-bond donors (Lipinski definition) is 1. The number of fused-ring (bicyclic) bond motifs is 1. The summed E-state index contributed by atoms with van der Waals surface area (Å²) in [7, 11) is 0. The maximum atomic E-state index is 4.37. The lowest BCUT2D eigenvalue weighted by atomic mass is 9.88. The Morgan fingerprint density at radius 3 is 2.89 bits per heavy atom. The minimum absolute atomic E-state index is 0.366. The lowest BCUT2D eigenvalue weighted by Gasteiger charge is -2.27. The van der Waals surface area contributed by atoms with E-state index in [0.717, 1.165) is 17.9 Å². The highest BCUT2D eigenvalue weighted by molar-refractivity contribution is 5.44. The van der Waals surface area contributed by atoms with Crippen LogP contribution in [0.4, 0.5) is 5.82 Å². The summed E-state index contributed by atoms with van der Waals surface area (Å²) < 4.78 is 0. The van der Waals surface area contributed by atoms with Crippen molar-refractivity contribution in [2.24, 2.45) is 0 Å². The van der Waals surface area contributed by atoms with E-state index in [2.05, 4.69) is 39.6 Å². The van der Waals surface area contributed by atoms with Crippen LogP contribution in [0.3, 0.4) is 0 Å². The first-order valence-electron chi connectivity index (χ1n) is 6.46. The van der Waals surface area contributed by atoms with Crippen molar-refractivity contribution < 1.29 is 0 Å². The Morgan fingerprint density at radius 2 is 2.00 bits per heavy atom. The Hall–Kier alpha value is -1.90. The molecule has 0 bridgehead atoms. The van der Waals surface area contributed by atoms with Crippen LogP contribution < -0.4 is 5.32 Å². The molecule has 0 fully saturated rings. The molecule has 1 aliphatic carbocycles. The summed E-state index contributed by atoms with van der Waals surface area (Å²) in [5, 5.41) is 3.53. The first-order valence-corrected chi connectivity index (χ1v) is 6.46. The molecule has 0 amide bonds. The molecule has 1 aromatic heterocycles. The molecule has 3 nitrogen and oxygen atoms in total. The third kappa shape index (κ3) is 2.08. The number of hydrogen-bond acceptors (Lipinski definition) is 3. The van der Waals surface area contributed by atoms with Gasteiger partial charge in [-0.15, -0.1) is 0 Å². The first kappa shape index (κ1) is 11.2. The summed E-state index contributed by atoms with van der Waals surface area (Å²) in [5.41, 5.74) is 3.83. The number of anilines is 1. The summed E-state index contributed by atoms with van der Waals surface area (Å²) in [6, 6.07) is 9.05. The topological polar surface area (TPSA) is 37.8 Å². The van der Waals surface area contributed by atoms with Crippen molar-refractivity contribution in [3.05, 3.63) is 53.5 Å². The number of nitrogens with one attached hydrogen (secondary N) is 1. The molecule has 92 valence electrons. The van der Waals surface area contributed by atoms with Gasteiger partial charge in [0.1, 0.15) is 5.82 Å². The first-order chi connectivity index (χ1) is 8.84. The Bertz CT molecular complexity index is 551. The molecule has 0 aliphatic heterocycles. The molecule has 0 radical (unpaired) electrons. The van der Waals surface area contributed by atoms with Crippen molar-refractivity contribution in [1.82, 2.24) is 9.97 Å². The molecule has 1 aliphatic rings. The van der Waals surface area contributed by atoms with E-state index in [4.69, 9.17) is 0 Å². The van der Waals surface area contributed by atoms with E-state index in [1.165, 1.54) is 24.0 Å². The predicted molar refractivity (Wildman–Crippen MR) is 72.5 cm³/mol. The quantitative estimate of drug-likeness (QED) is 0.874. The van der Waals surface area contributed by atoms with Crippen molar-refractivity contribution in [3.8, 4) is 0 Å². The average molecular weight is 239 g/mol. The van der Waals surface area contributed by atoms with Crippen molar-refractivity contribution in [3.63, 3.8) is 0 Å². The number of aromatic nitrogens is 2. The van der Waals surface area contributed by atoms with Crippen molar-refractivity contribution in [1.29, 1.82) is 0 Å². The lowest BCUT2D eigenvalue weighted by Crippen LogP contribution is -2.18. The molecular weight excluding hydrogens is 222 g/mol. The highest BCUT2D eigenvalue weighted by atomic mass is 15.0. The fraction of sp³-hybridized carbons (Fsp3) is 0.333. The minimum Gasteiger partial charge on any atom is -0.362 e. The van der Waals surface area contributed by atoms with Gasteiger partial charge in [0.2, 0.25) is 0 Å². The zero-order chi connectivity index (χ0) is 12.4. The summed E-state index contributed by atoms with van der Waals surface area (Å²) >= 11 is 0. The molecule has 18 heavy (non-hydrogen) atoms. The summed E-state index contributed by atoms with van der Waals surface area (Å²) in [4.78, 5) is 8.65. The van der Waals surface area contributed by atoms with Crippen LogP contribution in [0.2, 0.25) is 0 Å². The minimum atomic E-state index is 0.366. The second-order valence-electron chi connectivity index (χ2n) is 4.78. The number of benzene rings is 1. The van der Waals surface area contributed by atoms with Gasteiger partial charge in [0, 0.05) is 12.4 Å². The van der Waals surface area contributed by atoms with Gasteiger partial charge in [-0.1, -0.05) is 24.3 Å². The van der Waals surface area contributed by atoms with Crippen LogP contribution in [0.25, 0.3) is 0 Å². The van der Waals surface area contributed by atoms with Crippen LogP contribution in [0, 0.1) is 6.92 Å². The van der Waals surface area contributed by atoms with E-state index in [-0.39, 0.29) is 0 Å². The molecule has 3 rings (SSSR count). The normalized spacial score (nSPS) is 18.2. The molecule has 1 heterocycles. The monoisotopic (exact) mass is 239 g/mol. The van der Waals surface area contributed by atoms with E-state index in [0.29, 0.717) is 6.04 Å². The fourth-order valence-corrected chi connectivity index (χ4v) is 2.62. The van der Waals surface area contributed by atoms with Crippen LogP contribution in [-0.4, -0.2) is 9.97 Å². The largest absolute Gasteiger partial charge is 0.362 e. The second-order valence-corrected chi connectivity index (χ2v) is 4.78. The molecule has 2 aromatic rings. The summed E-state index contributed by atoms with van der Waals surface area (Å²) in [5.74, 6) is 0.902. The fourth-order valence-electron chi connectivity index (χ4n) is 2.62. The molecule has 3 heteroatoms. The lowest BCUT2D eigenvalue weighted by molar-refractivity contribution is 0.598. The third-order valence-corrected chi connectivity index (χ3v) is 3.56. The Balaban J connectivity index is 1.89. The van der Waals surface area contributed by atoms with E-state index in [9.17, 15) is 0 Å². The third-order valence-electron chi connectivity index (χ3n) is 3.56. The highest BCUT2D eigenvalue weighted by Crippen LogP contribution is 2.32. The molecule has 0 spiro atoms. The van der Waals surface area contributed by atoms with Crippen LogP contribution in [0.15, 0.2) is 36.7 Å². The molecule has 1 atom stereocenters. The van der Waals surface area contributed by atoms with Gasteiger partial charge in [0.25, 0.3) is 0 Å². The average Bonchev–Trinajstić information content (AvgIpc) is 2.42.